The van der Waals surface area contributed by atoms with Crippen molar-refractivity contribution in [2.24, 2.45) is 0 Å². The van der Waals surface area contributed by atoms with E-state index in [1.807, 2.05) is 0 Å². The first-order valence-electron chi connectivity index (χ1n) is 11.5. The number of hydrogen-bond donors (Lipinski definition) is 1. The first-order valence-corrected chi connectivity index (χ1v) is 13.0. The standard InChI is InChI=1S/C26H22FN5O4S/c27-21-16-19(25(33)31-12-14-32(15-13-31)26(34)20-6-2-10-28-17-20)8-9-22(21)30-37(35,36)23-7-1-4-18-5-3-11-29-24(18)23/h1-11,16-17,30H,12-15H2. The number of fused-ring (bicyclic) bond motifs is 1. The number of rotatable bonds is 5. The molecule has 0 saturated carbocycles. The summed E-state index contributed by atoms with van der Waals surface area (Å²) in [7, 11) is -4.14. The Bertz CT molecular complexity index is 1580. The minimum atomic E-state index is -4.14. The molecule has 11 heteroatoms. The van der Waals surface area contributed by atoms with Crippen LogP contribution in [-0.4, -0.2) is 66.2 Å². The fourth-order valence-corrected chi connectivity index (χ4v) is 5.44. The van der Waals surface area contributed by atoms with Crippen molar-refractivity contribution in [3.05, 3.63) is 96.2 Å². The average Bonchev–Trinajstić information content (AvgIpc) is 2.93. The fourth-order valence-electron chi connectivity index (χ4n) is 4.19. The van der Waals surface area contributed by atoms with Crippen LogP contribution in [0.2, 0.25) is 0 Å². The molecule has 188 valence electrons. The normalized spacial score (nSPS) is 14.0. The maximum Gasteiger partial charge on any atom is 0.264 e. The van der Waals surface area contributed by atoms with Gasteiger partial charge in [0.1, 0.15) is 10.7 Å². The number of nitrogens with one attached hydrogen (secondary N) is 1. The van der Waals surface area contributed by atoms with Crippen molar-refractivity contribution < 1.29 is 22.4 Å². The lowest BCUT2D eigenvalue weighted by molar-refractivity contribution is 0.0535. The van der Waals surface area contributed by atoms with E-state index in [0.29, 0.717) is 24.0 Å². The van der Waals surface area contributed by atoms with Crippen LogP contribution in [-0.2, 0) is 10.0 Å². The number of halogens is 1. The molecular formula is C26H22FN5O4S. The van der Waals surface area contributed by atoms with Crippen LogP contribution >= 0.6 is 0 Å². The van der Waals surface area contributed by atoms with Gasteiger partial charge in [0.05, 0.1) is 16.8 Å². The van der Waals surface area contributed by atoms with Crippen LogP contribution in [0.3, 0.4) is 0 Å². The second-order valence-corrected chi connectivity index (χ2v) is 10.1. The molecule has 2 aromatic heterocycles. The second kappa shape index (κ2) is 9.94. The molecule has 1 aliphatic heterocycles. The molecule has 3 heterocycles. The predicted octanol–water partition coefficient (Wildman–Crippen LogP) is 3.17. The third kappa shape index (κ3) is 4.98. The number of carbonyl (C=O) groups is 2. The van der Waals surface area contributed by atoms with E-state index in [9.17, 15) is 22.4 Å². The van der Waals surface area contributed by atoms with E-state index in [1.165, 1.54) is 35.5 Å². The number of nitrogens with zero attached hydrogens (tertiary/aromatic N) is 4. The fraction of sp³-hybridized carbons (Fsp3) is 0.154. The number of anilines is 1. The predicted molar refractivity (Wildman–Crippen MR) is 135 cm³/mol. The van der Waals surface area contributed by atoms with Crippen LogP contribution < -0.4 is 4.72 Å². The Kier molecular flexibility index (Phi) is 6.53. The summed E-state index contributed by atoms with van der Waals surface area (Å²) in [5.74, 6) is -1.45. The van der Waals surface area contributed by atoms with E-state index >= 15 is 0 Å². The monoisotopic (exact) mass is 519 g/mol. The van der Waals surface area contributed by atoms with Crippen LogP contribution in [0.4, 0.5) is 10.1 Å². The van der Waals surface area contributed by atoms with Crippen molar-refractivity contribution in [1.29, 1.82) is 0 Å². The van der Waals surface area contributed by atoms with E-state index in [0.717, 1.165) is 6.07 Å². The molecule has 5 rings (SSSR count). The molecule has 0 radical (unpaired) electrons. The molecule has 1 aliphatic rings. The molecule has 37 heavy (non-hydrogen) atoms. The molecule has 1 fully saturated rings. The third-order valence-electron chi connectivity index (χ3n) is 6.11. The Labute approximate surface area is 212 Å². The van der Waals surface area contributed by atoms with Crippen LogP contribution in [0.15, 0.2) is 84.1 Å². The number of aromatic nitrogens is 2. The lowest BCUT2D eigenvalue weighted by atomic mass is 10.1. The highest BCUT2D eigenvalue weighted by atomic mass is 32.2. The van der Waals surface area contributed by atoms with E-state index < -0.39 is 21.7 Å². The first kappa shape index (κ1) is 24.3. The van der Waals surface area contributed by atoms with Gasteiger partial charge in [-0.05, 0) is 42.5 Å². The van der Waals surface area contributed by atoms with Crippen molar-refractivity contribution in [3.8, 4) is 0 Å². The molecule has 1 N–H and O–H groups in total. The summed E-state index contributed by atoms with van der Waals surface area (Å²) in [4.78, 5) is 36.7. The van der Waals surface area contributed by atoms with Gasteiger partial charge in [0.2, 0.25) is 0 Å². The van der Waals surface area contributed by atoms with Gasteiger partial charge in [-0.15, -0.1) is 0 Å². The SMILES string of the molecule is O=C(c1cccnc1)N1CCN(C(=O)c2ccc(NS(=O)(=O)c3cccc4cccnc34)c(F)c2)CC1. The van der Waals surface area contributed by atoms with Gasteiger partial charge in [0.15, 0.2) is 0 Å². The van der Waals surface area contributed by atoms with E-state index in [4.69, 9.17) is 0 Å². The number of benzene rings is 2. The molecule has 2 aromatic carbocycles. The Morgan fingerprint density at radius 2 is 1.51 bits per heavy atom. The smallest absolute Gasteiger partial charge is 0.264 e. The van der Waals surface area contributed by atoms with Gasteiger partial charge >= 0.3 is 0 Å². The summed E-state index contributed by atoms with van der Waals surface area (Å²) in [6.07, 6.45) is 4.57. The maximum absolute atomic E-state index is 14.9. The molecular weight excluding hydrogens is 497 g/mol. The van der Waals surface area contributed by atoms with Gasteiger partial charge in [0, 0.05) is 55.7 Å². The van der Waals surface area contributed by atoms with E-state index in [1.54, 1.807) is 47.5 Å². The largest absolute Gasteiger partial charge is 0.335 e. The molecule has 0 atom stereocenters. The summed E-state index contributed by atoms with van der Waals surface area (Å²) < 4.78 is 43.2. The quantitative estimate of drug-likeness (QED) is 0.434. The van der Waals surface area contributed by atoms with Crippen molar-refractivity contribution >= 4 is 38.4 Å². The van der Waals surface area contributed by atoms with Crippen LogP contribution in [0.5, 0.6) is 0 Å². The molecule has 1 saturated heterocycles. The number of pyridine rings is 2. The zero-order valence-corrected chi connectivity index (χ0v) is 20.4. The van der Waals surface area contributed by atoms with Crippen molar-refractivity contribution in [2.75, 3.05) is 30.9 Å². The van der Waals surface area contributed by atoms with Crippen molar-refractivity contribution in [3.63, 3.8) is 0 Å². The number of amides is 2. The molecule has 0 unspecified atom stereocenters. The number of piperazine rings is 1. The van der Waals surface area contributed by atoms with E-state index in [2.05, 4.69) is 14.7 Å². The Hall–Kier alpha value is -4.38. The molecule has 0 spiro atoms. The van der Waals surface area contributed by atoms with Crippen molar-refractivity contribution in [2.45, 2.75) is 4.90 Å². The molecule has 0 bridgehead atoms. The molecule has 2 amide bonds. The van der Waals surface area contributed by atoms with Crippen LogP contribution in [0.25, 0.3) is 10.9 Å². The molecule has 4 aromatic rings. The molecule has 0 aliphatic carbocycles. The Morgan fingerprint density at radius 3 is 2.19 bits per heavy atom. The third-order valence-corrected chi connectivity index (χ3v) is 7.51. The Balaban J connectivity index is 1.27. The number of hydrogen-bond acceptors (Lipinski definition) is 6. The highest BCUT2D eigenvalue weighted by Gasteiger charge is 2.27. The number of para-hydroxylation sites is 1. The lowest BCUT2D eigenvalue weighted by Gasteiger charge is -2.34. The lowest BCUT2D eigenvalue weighted by Crippen LogP contribution is -2.50. The van der Waals surface area contributed by atoms with Gasteiger partial charge in [-0.2, -0.15) is 0 Å². The Morgan fingerprint density at radius 1 is 0.838 bits per heavy atom. The van der Waals surface area contributed by atoms with Crippen LogP contribution in [0.1, 0.15) is 20.7 Å². The van der Waals surface area contributed by atoms with Crippen LogP contribution in [0, 0.1) is 5.82 Å². The summed E-state index contributed by atoms with van der Waals surface area (Å²) in [5.41, 5.74) is 0.545. The molecule has 9 nitrogen and oxygen atoms in total. The van der Waals surface area contributed by atoms with E-state index in [-0.39, 0.29) is 40.7 Å². The van der Waals surface area contributed by atoms with Gasteiger partial charge in [0.25, 0.3) is 21.8 Å². The summed E-state index contributed by atoms with van der Waals surface area (Å²) in [6, 6.07) is 15.1. The zero-order chi connectivity index (χ0) is 26.0. The van der Waals surface area contributed by atoms with Crippen molar-refractivity contribution in [1.82, 2.24) is 19.8 Å². The number of carbonyl (C=O) groups excluding carboxylic acids is 2. The second-order valence-electron chi connectivity index (χ2n) is 8.46. The van der Waals surface area contributed by atoms with Gasteiger partial charge < -0.3 is 9.80 Å². The summed E-state index contributed by atoms with van der Waals surface area (Å²) >= 11 is 0. The average molecular weight is 520 g/mol. The minimum absolute atomic E-state index is 0.0798. The zero-order valence-electron chi connectivity index (χ0n) is 19.5. The number of sulfonamides is 1. The van der Waals surface area contributed by atoms with Gasteiger partial charge in [-0.25, -0.2) is 12.8 Å². The first-order chi connectivity index (χ1) is 17.8. The maximum atomic E-state index is 14.9. The topological polar surface area (TPSA) is 113 Å². The highest BCUT2D eigenvalue weighted by molar-refractivity contribution is 7.93. The van der Waals surface area contributed by atoms with Gasteiger partial charge in [-0.1, -0.05) is 18.2 Å². The highest BCUT2D eigenvalue weighted by Crippen LogP contribution is 2.25. The summed E-state index contributed by atoms with van der Waals surface area (Å²) in [5, 5.41) is 0.633. The summed E-state index contributed by atoms with van der Waals surface area (Å²) in [6.45, 7) is 1.24. The minimum Gasteiger partial charge on any atom is -0.335 e. The van der Waals surface area contributed by atoms with Gasteiger partial charge in [-0.3, -0.25) is 24.3 Å².